The van der Waals surface area contributed by atoms with Crippen LogP contribution in [0.5, 0.6) is 0 Å². The molecule has 0 saturated carbocycles. The highest BCUT2D eigenvalue weighted by atomic mass is 35.5. The van der Waals surface area contributed by atoms with Crippen molar-refractivity contribution in [3.05, 3.63) is 29.3 Å². The lowest BCUT2D eigenvalue weighted by atomic mass is 10.1. The Morgan fingerprint density at radius 1 is 1.40 bits per heavy atom. The van der Waals surface area contributed by atoms with Crippen LogP contribution in [0.4, 0.5) is 5.69 Å². The van der Waals surface area contributed by atoms with Crippen molar-refractivity contribution in [3.8, 4) is 0 Å². The molecule has 0 bridgehead atoms. The van der Waals surface area contributed by atoms with E-state index in [2.05, 4.69) is 10.0 Å². The molecule has 1 aromatic carbocycles. The van der Waals surface area contributed by atoms with Gasteiger partial charge >= 0.3 is 0 Å². The van der Waals surface area contributed by atoms with Gasteiger partial charge in [-0.3, -0.25) is 9.52 Å². The summed E-state index contributed by atoms with van der Waals surface area (Å²) in [5, 5.41) is 3.00. The molecule has 5 nitrogen and oxygen atoms in total. The Hall–Kier alpha value is -1.27. The maximum atomic E-state index is 12.0. The number of carbonyl (C=O) groups is 1. The minimum atomic E-state index is -3.53. The first-order valence-corrected chi connectivity index (χ1v) is 8.45. The normalized spacial score (nSPS) is 12.7. The summed E-state index contributed by atoms with van der Waals surface area (Å²) < 4.78 is 26.6. The molecule has 0 fully saturated rings. The molecule has 0 spiro atoms. The smallest absolute Gasteiger partial charge is 0.234 e. The van der Waals surface area contributed by atoms with Crippen LogP contribution in [-0.2, 0) is 14.8 Å². The van der Waals surface area contributed by atoms with Crippen molar-refractivity contribution in [2.45, 2.75) is 32.2 Å². The summed E-state index contributed by atoms with van der Waals surface area (Å²) in [5.74, 6) is -0.155. The highest BCUT2D eigenvalue weighted by Gasteiger charge is 2.18. The first-order chi connectivity index (χ1) is 9.46. The first-order valence-electron chi connectivity index (χ1n) is 6.42. The Labute approximate surface area is 124 Å². The second-order valence-corrected chi connectivity index (χ2v) is 6.72. The minimum Gasteiger partial charge on any atom is -0.355 e. The van der Waals surface area contributed by atoms with E-state index in [1.54, 1.807) is 18.2 Å². The Morgan fingerprint density at radius 3 is 2.75 bits per heavy atom. The van der Waals surface area contributed by atoms with Gasteiger partial charge in [-0.25, -0.2) is 8.42 Å². The molecule has 7 heteroatoms. The first kappa shape index (κ1) is 16.8. The number of hydrogen-bond donors (Lipinski definition) is 2. The van der Waals surface area contributed by atoms with Gasteiger partial charge in [0, 0.05) is 16.8 Å². The SMILES string of the molecule is CCCCC(CS(=O)(=O)Nc1cccc(Cl)c1)NC=O. The van der Waals surface area contributed by atoms with Gasteiger partial charge in [0.15, 0.2) is 0 Å². The Morgan fingerprint density at radius 2 is 2.15 bits per heavy atom. The molecule has 0 aromatic heterocycles. The Bertz CT molecular complexity index is 534. The predicted molar refractivity (Wildman–Crippen MR) is 81.4 cm³/mol. The summed E-state index contributed by atoms with van der Waals surface area (Å²) in [6.07, 6.45) is 2.97. The number of hydrogen-bond acceptors (Lipinski definition) is 3. The maximum Gasteiger partial charge on any atom is 0.234 e. The highest BCUT2D eigenvalue weighted by molar-refractivity contribution is 7.92. The van der Waals surface area contributed by atoms with E-state index in [-0.39, 0.29) is 11.8 Å². The van der Waals surface area contributed by atoms with Crippen molar-refractivity contribution in [1.82, 2.24) is 5.32 Å². The van der Waals surface area contributed by atoms with E-state index in [9.17, 15) is 13.2 Å². The van der Waals surface area contributed by atoms with E-state index in [0.717, 1.165) is 12.8 Å². The molecule has 1 amide bonds. The molecule has 0 aliphatic rings. The van der Waals surface area contributed by atoms with E-state index in [1.165, 1.54) is 6.07 Å². The molecule has 1 unspecified atom stereocenters. The molecule has 112 valence electrons. The number of sulfonamides is 1. The zero-order valence-electron chi connectivity index (χ0n) is 11.3. The third-order valence-corrected chi connectivity index (χ3v) is 4.35. The van der Waals surface area contributed by atoms with Crippen molar-refractivity contribution in [3.63, 3.8) is 0 Å². The average Bonchev–Trinajstić information content (AvgIpc) is 2.35. The molecule has 20 heavy (non-hydrogen) atoms. The lowest BCUT2D eigenvalue weighted by molar-refractivity contribution is -0.110. The number of rotatable bonds is 9. The van der Waals surface area contributed by atoms with E-state index >= 15 is 0 Å². The number of halogens is 1. The fourth-order valence-electron chi connectivity index (χ4n) is 1.80. The van der Waals surface area contributed by atoms with Gasteiger partial charge in [-0.1, -0.05) is 37.4 Å². The fourth-order valence-corrected chi connectivity index (χ4v) is 3.35. The second kappa shape index (κ2) is 8.11. The Balaban J connectivity index is 2.69. The molecule has 2 N–H and O–H groups in total. The summed E-state index contributed by atoms with van der Waals surface area (Å²) >= 11 is 5.80. The summed E-state index contributed by atoms with van der Waals surface area (Å²) in [4.78, 5) is 10.5. The van der Waals surface area contributed by atoms with E-state index < -0.39 is 10.0 Å². The van der Waals surface area contributed by atoms with Crippen molar-refractivity contribution >= 4 is 33.7 Å². The molecule has 0 aliphatic heterocycles. The van der Waals surface area contributed by atoms with Gasteiger partial charge in [-0.2, -0.15) is 0 Å². The van der Waals surface area contributed by atoms with Gasteiger partial charge in [-0.15, -0.1) is 0 Å². The number of carbonyl (C=O) groups excluding carboxylic acids is 1. The molecule has 1 atom stereocenters. The molecule has 0 aliphatic carbocycles. The number of nitrogens with one attached hydrogen (secondary N) is 2. The lowest BCUT2D eigenvalue weighted by Crippen LogP contribution is -2.36. The molecule has 1 rings (SSSR count). The molecule has 0 heterocycles. The van der Waals surface area contributed by atoms with Crippen molar-refractivity contribution in [2.24, 2.45) is 0 Å². The van der Waals surface area contributed by atoms with Crippen LogP contribution in [0.15, 0.2) is 24.3 Å². The average molecular weight is 319 g/mol. The summed E-state index contributed by atoms with van der Waals surface area (Å²) in [5.41, 5.74) is 0.415. The Kier molecular flexibility index (Phi) is 6.81. The van der Waals surface area contributed by atoms with Crippen LogP contribution >= 0.6 is 11.6 Å². The number of benzene rings is 1. The molecular weight excluding hydrogens is 300 g/mol. The quantitative estimate of drug-likeness (QED) is 0.686. The summed E-state index contributed by atoms with van der Waals surface area (Å²) in [6, 6.07) is 6.10. The van der Waals surface area contributed by atoms with Crippen molar-refractivity contribution in [2.75, 3.05) is 10.5 Å². The van der Waals surface area contributed by atoms with Crippen LogP contribution in [0.3, 0.4) is 0 Å². The van der Waals surface area contributed by atoms with Crippen molar-refractivity contribution < 1.29 is 13.2 Å². The molecular formula is C13H19ClN2O3S. The van der Waals surface area contributed by atoms with Crippen LogP contribution in [0.1, 0.15) is 26.2 Å². The summed E-state index contributed by atoms with van der Waals surface area (Å²) in [7, 11) is -3.53. The van der Waals surface area contributed by atoms with Crippen LogP contribution < -0.4 is 10.0 Å². The van der Waals surface area contributed by atoms with Gasteiger partial charge in [0.25, 0.3) is 0 Å². The van der Waals surface area contributed by atoms with Crippen LogP contribution in [0.2, 0.25) is 5.02 Å². The van der Waals surface area contributed by atoms with Gasteiger partial charge in [0.05, 0.1) is 5.75 Å². The van der Waals surface area contributed by atoms with Crippen molar-refractivity contribution in [1.29, 1.82) is 0 Å². The van der Waals surface area contributed by atoms with Gasteiger partial charge in [-0.05, 0) is 24.6 Å². The zero-order valence-corrected chi connectivity index (χ0v) is 12.9. The number of amides is 1. The monoisotopic (exact) mass is 318 g/mol. The minimum absolute atomic E-state index is 0.155. The molecule has 0 radical (unpaired) electrons. The highest BCUT2D eigenvalue weighted by Crippen LogP contribution is 2.16. The van der Waals surface area contributed by atoms with Gasteiger partial charge in [0.2, 0.25) is 16.4 Å². The lowest BCUT2D eigenvalue weighted by Gasteiger charge is -2.16. The van der Waals surface area contributed by atoms with E-state index in [4.69, 9.17) is 11.6 Å². The summed E-state index contributed by atoms with van der Waals surface area (Å²) in [6.45, 7) is 2.01. The van der Waals surface area contributed by atoms with E-state index in [0.29, 0.717) is 23.5 Å². The molecule has 0 saturated heterocycles. The fraction of sp³-hybridized carbons (Fsp3) is 0.462. The maximum absolute atomic E-state index is 12.0. The topological polar surface area (TPSA) is 75.3 Å². The number of anilines is 1. The standard InChI is InChI=1S/C13H19ClN2O3S/c1-2-3-6-13(15-10-17)9-20(18,19)16-12-7-4-5-11(14)8-12/h4-5,7-8,10,13,16H,2-3,6,9H2,1H3,(H,15,17). The predicted octanol–water partition coefficient (Wildman–Crippen LogP) is 2.39. The third kappa shape index (κ3) is 6.25. The third-order valence-electron chi connectivity index (χ3n) is 2.73. The zero-order chi connectivity index (χ0) is 15.0. The number of unbranched alkanes of at least 4 members (excludes halogenated alkanes) is 1. The van der Waals surface area contributed by atoms with E-state index in [1.807, 2.05) is 6.92 Å². The van der Waals surface area contributed by atoms with Gasteiger partial charge in [0.1, 0.15) is 0 Å². The largest absolute Gasteiger partial charge is 0.355 e. The second-order valence-electron chi connectivity index (χ2n) is 4.52. The van der Waals surface area contributed by atoms with Crippen LogP contribution in [0.25, 0.3) is 0 Å². The van der Waals surface area contributed by atoms with Crippen LogP contribution in [-0.4, -0.2) is 26.6 Å². The van der Waals surface area contributed by atoms with Crippen LogP contribution in [0, 0.1) is 0 Å². The van der Waals surface area contributed by atoms with Gasteiger partial charge < -0.3 is 5.32 Å². The molecule has 1 aromatic rings.